The number of ether oxygens (including phenoxy) is 2. The van der Waals surface area contributed by atoms with Gasteiger partial charge in [-0.15, -0.1) is 0 Å². The Hall–Kier alpha value is -0.120. The molecule has 0 saturated carbocycles. The van der Waals surface area contributed by atoms with E-state index in [1.807, 2.05) is 7.05 Å². The Kier molecular flexibility index (Phi) is 11.8. The molecule has 3 heteroatoms. The van der Waals surface area contributed by atoms with Gasteiger partial charge < -0.3 is 14.8 Å². The molecular weight excluding hydrogens is 166 g/mol. The van der Waals surface area contributed by atoms with E-state index in [1.165, 1.54) is 6.42 Å². The summed E-state index contributed by atoms with van der Waals surface area (Å²) in [6.07, 6.45) is 3.42. The average Bonchev–Trinajstić information content (AvgIpc) is 2.16. The molecule has 0 atom stereocenters. The van der Waals surface area contributed by atoms with Crippen molar-refractivity contribution >= 4 is 0 Å². The van der Waals surface area contributed by atoms with Gasteiger partial charge in [-0.2, -0.15) is 0 Å². The Bertz CT molecular complexity index is 79.0. The second-order valence-electron chi connectivity index (χ2n) is 3.04. The Balaban J connectivity index is 2.76. The Morgan fingerprint density at radius 2 is 1.54 bits per heavy atom. The fourth-order valence-electron chi connectivity index (χ4n) is 0.919. The van der Waals surface area contributed by atoms with Crippen molar-refractivity contribution in [3.63, 3.8) is 0 Å². The molecular formula is C10H23NO2. The highest BCUT2D eigenvalue weighted by Crippen LogP contribution is 1.88. The van der Waals surface area contributed by atoms with Crippen LogP contribution in [0.25, 0.3) is 0 Å². The van der Waals surface area contributed by atoms with Crippen molar-refractivity contribution in [1.29, 1.82) is 0 Å². The first kappa shape index (κ1) is 12.9. The summed E-state index contributed by atoms with van der Waals surface area (Å²) in [6.45, 7) is 6.36. The van der Waals surface area contributed by atoms with Gasteiger partial charge in [0, 0.05) is 13.2 Å². The molecule has 0 aliphatic heterocycles. The van der Waals surface area contributed by atoms with Crippen molar-refractivity contribution in [2.24, 2.45) is 0 Å². The van der Waals surface area contributed by atoms with Crippen LogP contribution in [0.3, 0.4) is 0 Å². The molecule has 1 N–H and O–H groups in total. The van der Waals surface area contributed by atoms with Crippen molar-refractivity contribution in [3.8, 4) is 0 Å². The SMILES string of the molecule is CCCCOCCOCCCNC. The van der Waals surface area contributed by atoms with Gasteiger partial charge in [-0.05, 0) is 26.4 Å². The molecule has 0 aromatic heterocycles. The Morgan fingerprint density at radius 3 is 2.08 bits per heavy atom. The van der Waals surface area contributed by atoms with Crippen LogP contribution < -0.4 is 5.32 Å². The van der Waals surface area contributed by atoms with Crippen molar-refractivity contribution in [2.45, 2.75) is 26.2 Å². The van der Waals surface area contributed by atoms with Crippen molar-refractivity contribution in [1.82, 2.24) is 5.32 Å². The third-order valence-corrected chi connectivity index (χ3v) is 1.73. The lowest BCUT2D eigenvalue weighted by Crippen LogP contribution is -2.12. The standard InChI is InChI=1S/C10H23NO2/c1-3-4-7-12-9-10-13-8-5-6-11-2/h11H,3-10H2,1-2H3. The lowest BCUT2D eigenvalue weighted by Gasteiger charge is -2.04. The number of hydrogen-bond acceptors (Lipinski definition) is 3. The molecule has 0 aliphatic carbocycles. The Labute approximate surface area is 81.8 Å². The summed E-state index contributed by atoms with van der Waals surface area (Å²) < 4.78 is 10.7. The normalized spacial score (nSPS) is 10.6. The molecule has 0 bridgehead atoms. The maximum absolute atomic E-state index is 5.35. The lowest BCUT2D eigenvalue weighted by atomic mass is 10.4. The molecule has 80 valence electrons. The highest BCUT2D eigenvalue weighted by Gasteiger charge is 1.89. The van der Waals surface area contributed by atoms with Crippen molar-refractivity contribution < 1.29 is 9.47 Å². The van der Waals surface area contributed by atoms with E-state index in [1.54, 1.807) is 0 Å². The lowest BCUT2D eigenvalue weighted by molar-refractivity contribution is 0.0460. The summed E-state index contributed by atoms with van der Waals surface area (Å²) in [5.74, 6) is 0. The predicted molar refractivity (Wildman–Crippen MR) is 55.1 cm³/mol. The zero-order chi connectivity index (χ0) is 9.78. The summed E-state index contributed by atoms with van der Waals surface area (Å²) in [6, 6.07) is 0. The van der Waals surface area contributed by atoms with Crippen LogP contribution in [0.2, 0.25) is 0 Å². The topological polar surface area (TPSA) is 30.5 Å². The Morgan fingerprint density at radius 1 is 0.923 bits per heavy atom. The molecule has 0 aromatic carbocycles. The first-order valence-corrected chi connectivity index (χ1v) is 5.22. The third kappa shape index (κ3) is 11.9. The first-order valence-electron chi connectivity index (χ1n) is 5.22. The van der Waals surface area contributed by atoms with E-state index in [0.29, 0.717) is 0 Å². The number of unbranched alkanes of at least 4 members (excludes halogenated alkanes) is 1. The highest BCUT2D eigenvalue weighted by atomic mass is 16.5. The van der Waals surface area contributed by atoms with E-state index in [2.05, 4.69) is 12.2 Å². The zero-order valence-electron chi connectivity index (χ0n) is 8.97. The summed E-state index contributed by atoms with van der Waals surface area (Å²) in [4.78, 5) is 0. The van der Waals surface area contributed by atoms with Gasteiger partial charge in [0.25, 0.3) is 0 Å². The largest absolute Gasteiger partial charge is 0.379 e. The average molecular weight is 189 g/mol. The monoisotopic (exact) mass is 189 g/mol. The molecule has 0 spiro atoms. The minimum Gasteiger partial charge on any atom is -0.379 e. The maximum Gasteiger partial charge on any atom is 0.0700 e. The molecule has 0 heterocycles. The van der Waals surface area contributed by atoms with Crippen LogP contribution in [0.15, 0.2) is 0 Å². The van der Waals surface area contributed by atoms with Crippen LogP contribution in [-0.2, 0) is 9.47 Å². The van der Waals surface area contributed by atoms with Crippen LogP contribution >= 0.6 is 0 Å². The molecule has 0 aliphatic rings. The molecule has 13 heavy (non-hydrogen) atoms. The van der Waals surface area contributed by atoms with Gasteiger partial charge in [-0.25, -0.2) is 0 Å². The van der Waals surface area contributed by atoms with Gasteiger partial charge in [0.05, 0.1) is 13.2 Å². The molecule has 3 nitrogen and oxygen atoms in total. The molecule has 0 amide bonds. The smallest absolute Gasteiger partial charge is 0.0700 e. The van der Waals surface area contributed by atoms with E-state index in [9.17, 15) is 0 Å². The molecule has 0 unspecified atom stereocenters. The van der Waals surface area contributed by atoms with E-state index in [4.69, 9.17) is 9.47 Å². The summed E-state index contributed by atoms with van der Waals surface area (Å²) in [5.41, 5.74) is 0. The van der Waals surface area contributed by atoms with Crippen LogP contribution in [0.5, 0.6) is 0 Å². The number of nitrogens with one attached hydrogen (secondary N) is 1. The summed E-state index contributed by atoms with van der Waals surface area (Å²) in [7, 11) is 1.95. The van der Waals surface area contributed by atoms with Gasteiger partial charge in [0.2, 0.25) is 0 Å². The van der Waals surface area contributed by atoms with E-state index >= 15 is 0 Å². The predicted octanol–water partition coefficient (Wildman–Crippen LogP) is 1.43. The molecule has 0 aromatic rings. The number of rotatable bonds is 10. The van der Waals surface area contributed by atoms with Gasteiger partial charge in [0.15, 0.2) is 0 Å². The molecule has 0 rings (SSSR count). The second-order valence-corrected chi connectivity index (χ2v) is 3.04. The molecule has 0 saturated heterocycles. The summed E-state index contributed by atoms with van der Waals surface area (Å²) in [5, 5.41) is 3.08. The second kappa shape index (κ2) is 11.9. The maximum atomic E-state index is 5.35. The van der Waals surface area contributed by atoms with E-state index < -0.39 is 0 Å². The highest BCUT2D eigenvalue weighted by molar-refractivity contribution is 4.39. The van der Waals surface area contributed by atoms with E-state index in [0.717, 1.165) is 45.8 Å². The van der Waals surface area contributed by atoms with Crippen LogP contribution in [0.4, 0.5) is 0 Å². The summed E-state index contributed by atoms with van der Waals surface area (Å²) >= 11 is 0. The fraction of sp³-hybridized carbons (Fsp3) is 1.00. The number of hydrogen-bond donors (Lipinski definition) is 1. The first-order chi connectivity index (χ1) is 6.41. The minimum atomic E-state index is 0.730. The van der Waals surface area contributed by atoms with Gasteiger partial charge in [-0.1, -0.05) is 13.3 Å². The van der Waals surface area contributed by atoms with Crippen LogP contribution in [-0.4, -0.2) is 40.0 Å². The van der Waals surface area contributed by atoms with Gasteiger partial charge in [-0.3, -0.25) is 0 Å². The third-order valence-electron chi connectivity index (χ3n) is 1.73. The van der Waals surface area contributed by atoms with Crippen molar-refractivity contribution in [2.75, 3.05) is 40.0 Å². The zero-order valence-corrected chi connectivity index (χ0v) is 8.97. The molecule has 0 fully saturated rings. The van der Waals surface area contributed by atoms with Crippen LogP contribution in [0.1, 0.15) is 26.2 Å². The minimum absolute atomic E-state index is 0.730. The quantitative estimate of drug-likeness (QED) is 0.527. The van der Waals surface area contributed by atoms with Crippen LogP contribution in [0, 0.1) is 0 Å². The van der Waals surface area contributed by atoms with Crippen molar-refractivity contribution in [3.05, 3.63) is 0 Å². The van der Waals surface area contributed by atoms with Gasteiger partial charge in [0.1, 0.15) is 0 Å². The van der Waals surface area contributed by atoms with E-state index in [-0.39, 0.29) is 0 Å². The van der Waals surface area contributed by atoms with Gasteiger partial charge >= 0.3 is 0 Å². The fourth-order valence-corrected chi connectivity index (χ4v) is 0.919. The molecule has 0 radical (unpaired) electrons.